The molecule has 0 unspecified atom stereocenters. The molecule has 1 rings (SSSR count). The molecule has 0 amide bonds. The average molecular weight is 242 g/mol. The molecule has 0 heterocycles. The number of unbranched alkanes of at least 4 members (excludes halogenated alkanes) is 2. The monoisotopic (exact) mass is 242 g/mol. The summed E-state index contributed by atoms with van der Waals surface area (Å²) in [4.78, 5) is 1.28. The van der Waals surface area contributed by atoms with E-state index in [-0.39, 0.29) is 0 Å². The molecule has 84 valence electrons. The minimum Gasteiger partial charge on any atom is -0.494 e. The Morgan fingerprint density at radius 3 is 2.47 bits per heavy atom. The largest absolute Gasteiger partial charge is 0.494 e. The molecule has 0 aliphatic carbocycles. The van der Waals surface area contributed by atoms with E-state index in [0.29, 0.717) is 0 Å². The Balaban J connectivity index is 2.20. The van der Waals surface area contributed by atoms with Gasteiger partial charge in [-0.1, -0.05) is 0 Å². The Bertz CT molecular complexity index is 259. The lowest BCUT2D eigenvalue weighted by Crippen LogP contribution is -1.97. The Morgan fingerprint density at radius 2 is 1.87 bits per heavy atom. The van der Waals surface area contributed by atoms with E-state index in [1.807, 2.05) is 12.1 Å². The van der Waals surface area contributed by atoms with E-state index in [1.165, 1.54) is 17.7 Å². The Labute approximate surface area is 102 Å². The smallest absolute Gasteiger partial charge is 0.119 e. The molecule has 0 bridgehead atoms. The molecule has 0 N–H and O–H groups in total. The first-order valence-corrected chi connectivity index (χ1v) is 7.10. The van der Waals surface area contributed by atoms with Crippen LogP contribution in [-0.2, 0) is 0 Å². The maximum Gasteiger partial charge on any atom is 0.119 e. The van der Waals surface area contributed by atoms with Crippen molar-refractivity contribution in [2.45, 2.75) is 24.2 Å². The van der Waals surface area contributed by atoms with Crippen LogP contribution in [0.2, 0.25) is 0 Å². The van der Waals surface area contributed by atoms with Gasteiger partial charge in [0.2, 0.25) is 0 Å². The van der Waals surface area contributed by atoms with Gasteiger partial charge in [0.1, 0.15) is 5.75 Å². The highest BCUT2D eigenvalue weighted by molar-refractivity contribution is 7.98. The van der Waals surface area contributed by atoms with E-state index in [9.17, 15) is 0 Å². The third kappa shape index (κ3) is 5.38. The van der Waals surface area contributed by atoms with Crippen LogP contribution < -0.4 is 4.74 Å². The summed E-state index contributed by atoms with van der Waals surface area (Å²) in [5.74, 6) is 1.95. The summed E-state index contributed by atoms with van der Waals surface area (Å²) < 4.78 is 5.62. The summed E-state index contributed by atoms with van der Waals surface area (Å²) in [7, 11) is 0. The van der Waals surface area contributed by atoms with Crippen molar-refractivity contribution in [3.05, 3.63) is 24.3 Å². The fourth-order valence-electron chi connectivity index (χ4n) is 1.25. The third-order valence-corrected chi connectivity index (χ3v) is 3.19. The SMILES string of the molecule is CSc1ccc(OCCCCCS)cc1. The van der Waals surface area contributed by atoms with Gasteiger partial charge in [0, 0.05) is 4.90 Å². The van der Waals surface area contributed by atoms with Gasteiger partial charge in [-0.15, -0.1) is 11.8 Å². The molecule has 0 aliphatic rings. The average Bonchev–Trinajstić information content (AvgIpc) is 2.30. The zero-order valence-corrected chi connectivity index (χ0v) is 10.8. The van der Waals surface area contributed by atoms with Crippen LogP contribution >= 0.6 is 24.4 Å². The number of benzene rings is 1. The summed E-state index contributed by atoms with van der Waals surface area (Å²) >= 11 is 5.92. The quantitative estimate of drug-likeness (QED) is 0.441. The van der Waals surface area contributed by atoms with Crippen molar-refractivity contribution >= 4 is 24.4 Å². The lowest BCUT2D eigenvalue weighted by Gasteiger charge is -2.06. The maximum absolute atomic E-state index is 5.62. The fourth-order valence-corrected chi connectivity index (χ4v) is 1.88. The van der Waals surface area contributed by atoms with Crippen LogP contribution in [0.1, 0.15) is 19.3 Å². The Hall–Kier alpha value is -0.280. The van der Waals surface area contributed by atoms with Crippen molar-refractivity contribution in [1.29, 1.82) is 0 Å². The lowest BCUT2D eigenvalue weighted by molar-refractivity contribution is 0.306. The molecule has 3 heteroatoms. The first-order chi connectivity index (χ1) is 7.36. The van der Waals surface area contributed by atoms with Crippen LogP contribution in [0.5, 0.6) is 5.75 Å². The summed E-state index contributed by atoms with van der Waals surface area (Å²) in [5.41, 5.74) is 0. The fraction of sp³-hybridized carbons (Fsp3) is 0.500. The van der Waals surface area contributed by atoms with E-state index in [2.05, 4.69) is 31.0 Å². The first kappa shape index (κ1) is 12.8. The maximum atomic E-state index is 5.62. The van der Waals surface area contributed by atoms with Gasteiger partial charge in [-0.2, -0.15) is 12.6 Å². The van der Waals surface area contributed by atoms with Crippen molar-refractivity contribution in [2.24, 2.45) is 0 Å². The van der Waals surface area contributed by atoms with Gasteiger partial charge in [0.15, 0.2) is 0 Å². The second-order valence-electron chi connectivity index (χ2n) is 3.31. The third-order valence-electron chi connectivity index (χ3n) is 2.13. The molecule has 0 fully saturated rings. The molecule has 1 aromatic carbocycles. The highest BCUT2D eigenvalue weighted by Crippen LogP contribution is 2.19. The molecular formula is C12H18OS2. The minimum atomic E-state index is 0.812. The zero-order chi connectivity index (χ0) is 10.9. The summed E-state index contributed by atoms with van der Waals surface area (Å²) in [6.07, 6.45) is 5.57. The summed E-state index contributed by atoms with van der Waals surface area (Å²) in [6.45, 7) is 0.812. The van der Waals surface area contributed by atoms with Crippen LogP contribution in [0.25, 0.3) is 0 Å². The summed E-state index contributed by atoms with van der Waals surface area (Å²) in [5, 5.41) is 0. The van der Waals surface area contributed by atoms with Crippen LogP contribution in [0.3, 0.4) is 0 Å². The van der Waals surface area contributed by atoms with Gasteiger partial charge in [0.25, 0.3) is 0 Å². The van der Waals surface area contributed by atoms with Gasteiger partial charge in [-0.3, -0.25) is 0 Å². The number of hydrogen-bond acceptors (Lipinski definition) is 3. The molecule has 0 radical (unpaired) electrons. The lowest BCUT2D eigenvalue weighted by atomic mass is 10.3. The second kappa shape index (κ2) is 7.94. The molecule has 0 saturated carbocycles. The van der Waals surface area contributed by atoms with Crippen LogP contribution in [0.15, 0.2) is 29.2 Å². The minimum absolute atomic E-state index is 0.812. The topological polar surface area (TPSA) is 9.23 Å². The van der Waals surface area contributed by atoms with Gasteiger partial charge in [-0.25, -0.2) is 0 Å². The predicted molar refractivity (Wildman–Crippen MR) is 71.4 cm³/mol. The predicted octanol–water partition coefficient (Wildman–Crippen LogP) is 3.89. The van der Waals surface area contributed by atoms with Crippen molar-refractivity contribution in [3.8, 4) is 5.75 Å². The molecule has 0 spiro atoms. The van der Waals surface area contributed by atoms with Crippen LogP contribution in [0.4, 0.5) is 0 Å². The molecule has 0 saturated heterocycles. The Kier molecular flexibility index (Phi) is 6.77. The standard InChI is InChI=1S/C12H18OS2/c1-15-12-7-5-11(6-8-12)13-9-3-2-4-10-14/h5-8,14H,2-4,9-10H2,1H3. The van der Waals surface area contributed by atoms with Crippen molar-refractivity contribution < 1.29 is 4.74 Å². The first-order valence-electron chi connectivity index (χ1n) is 5.24. The number of thiol groups is 1. The van der Waals surface area contributed by atoms with Gasteiger partial charge in [0.05, 0.1) is 6.61 Å². The van der Waals surface area contributed by atoms with Gasteiger partial charge >= 0.3 is 0 Å². The van der Waals surface area contributed by atoms with Crippen molar-refractivity contribution in [2.75, 3.05) is 18.6 Å². The van der Waals surface area contributed by atoms with Crippen molar-refractivity contribution in [1.82, 2.24) is 0 Å². The molecule has 0 atom stereocenters. The molecular weight excluding hydrogens is 224 g/mol. The van der Waals surface area contributed by atoms with Crippen molar-refractivity contribution in [3.63, 3.8) is 0 Å². The Morgan fingerprint density at radius 1 is 1.13 bits per heavy atom. The molecule has 1 aromatic rings. The molecule has 15 heavy (non-hydrogen) atoms. The number of ether oxygens (including phenoxy) is 1. The summed E-state index contributed by atoms with van der Waals surface area (Å²) in [6, 6.07) is 8.25. The molecule has 1 nitrogen and oxygen atoms in total. The normalized spacial score (nSPS) is 10.3. The zero-order valence-electron chi connectivity index (χ0n) is 9.11. The van der Waals surface area contributed by atoms with E-state index >= 15 is 0 Å². The van der Waals surface area contributed by atoms with Crippen LogP contribution in [-0.4, -0.2) is 18.6 Å². The molecule has 0 aromatic heterocycles. The number of hydrogen-bond donors (Lipinski definition) is 1. The second-order valence-corrected chi connectivity index (χ2v) is 4.64. The van der Waals surface area contributed by atoms with E-state index < -0.39 is 0 Å². The molecule has 0 aliphatic heterocycles. The highest BCUT2D eigenvalue weighted by Gasteiger charge is 1.94. The van der Waals surface area contributed by atoms with E-state index in [1.54, 1.807) is 11.8 Å². The highest BCUT2D eigenvalue weighted by atomic mass is 32.2. The number of rotatable bonds is 7. The van der Waals surface area contributed by atoms with Crippen LogP contribution in [0, 0.1) is 0 Å². The van der Waals surface area contributed by atoms with E-state index in [0.717, 1.165) is 24.5 Å². The van der Waals surface area contributed by atoms with Gasteiger partial charge < -0.3 is 4.74 Å². The van der Waals surface area contributed by atoms with Gasteiger partial charge in [-0.05, 0) is 55.5 Å². The number of thioether (sulfide) groups is 1. The van der Waals surface area contributed by atoms with E-state index in [4.69, 9.17) is 4.74 Å².